The van der Waals surface area contributed by atoms with Crippen LogP contribution in [0.25, 0.3) is 0 Å². The minimum absolute atomic E-state index is 0.0651. The number of alkyl carbamates (subject to hydrolysis) is 1. The van der Waals surface area contributed by atoms with Gasteiger partial charge in [0.05, 0.1) is 17.4 Å². The van der Waals surface area contributed by atoms with Gasteiger partial charge in [0.2, 0.25) is 17.7 Å². The van der Waals surface area contributed by atoms with Crippen molar-refractivity contribution in [2.24, 2.45) is 11.7 Å². The van der Waals surface area contributed by atoms with Crippen molar-refractivity contribution in [3.05, 3.63) is 11.9 Å². The molecule has 0 aromatic carbocycles. The Morgan fingerprint density at radius 1 is 1.06 bits per heavy atom. The van der Waals surface area contributed by atoms with Crippen LogP contribution in [-0.4, -0.2) is 103 Å². The van der Waals surface area contributed by atoms with Gasteiger partial charge in [-0.1, -0.05) is 56.6 Å². The second-order valence-corrected chi connectivity index (χ2v) is 15.3. The molecule has 0 spiro atoms. The number of aliphatic hydroxyl groups excluding tert-OH is 1. The van der Waals surface area contributed by atoms with Crippen LogP contribution in [0.3, 0.4) is 0 Å². The van der Waals surface area contributed by atoms with E-state index >= 15 is 0 Å². The van der Waals surface area contributed by atoms with Crippen molar-refractivity contribution >= 4 is 23.8 Å². The maximum atomic E-state index is 14.7. The molecule has 1 aromatic heterocycles. The van der Waals surface area contributed by atoms with Crippen LogP contribution in [0.4, 0.5) is 4.79 Å². The number of nitrogens with one attached hydrogen (secondary N) is 2. The first-order valence-corrected chi connectivity index (χ1v) is 17.2. The number of hydrogen-bond donors (Lipinski definition) is 5. The molecule has 6 N–H and O–H groups in total. The van der Waals surface area contributed by atoms with Gasteiger partial charge in [0.25, 0.3) is 0 Å². The second-order valence-electron chi connectivity index (χ2n) is 15.3. The highest BCUT2D eigenvalue weighted by molar-refractivity contribution is 5.93. The van der Waals surface area contributed by atoms with Crippen molar-refractivity contribution < 1.29 is 38.9 Å². The number of carbonyl (C=O) groups is 4. The van der Waals surface area contributed by atoms with E-state index in [9.17, 15) is 29.4 Å². The molecule has 2 saturated carbocycles. The lowest BCUT2D eigenvalue weighted by Gasteiger charge is -2.42. The average Bonchev–Trinajstić information content (AvgIpc) is 3.65. The summed E-state index contributed by atoms with van der Waals surface area (Å²) in [6.45, 7) is 8.30. The summed E-state index contributed by atoms with van der Waals surface area (Å²) >= 11 is 0. The summed E-state index contributed by atoms with van der Waals surface area (Å²) in [6, 6.07) is -3.04. The fourth-order valence-corrected chi connectivity index (χ4v) is 7.62. The number of nitrogens with two attached hydrogens (primary N) is 1. The van der Waals surface area contributed by atoms with Gasteiger partial charge >= 0.3 is 6.09 Å². The van der Waals surface area contributed by atoms with Gasteiger partial charge in [-0.2, -0.15) is 0 Å². The smallest absolute Gasteiger partial charge is 0.408 e. The number of amides is 4. The molecule has 5 atom stereocenters. The number of hydrogen-bond acceptors (Lipinski definition) is 10. The molecule has 0 radical (unpaired) electrons. The largest absolute Gasteiger partial charge is 0.444 e. The number of ether oxygens (including phenoxy) is 2. The van der Waals surface area contributed by atoms with Crippen molar-refractivity contribution in [1.82, 2.24) is 30.5 Å². The maximum Gasteiger partial charge on any atom is 0.408 e. The predicted molar refractivity (Wildman–Crippen MR) is 174 cm³/mol. The Kier molecular flexibility index (Phi) is 11.8. The summed E-state index contributed by atoms with van der Waals surface area (Å²) in [5, 5.41) is 35.9. The number of aliphatic hydroxyl groups is 2. The molecule has 15 heteroatoms. The first kappa shape index (κ1) is 37.5. The molecule has 4 amide bonds. The fourth-order valence-electron chi connectivity index (χ4n) is 7.62. The van der Waals surface area contributed by atoms with Gasteiger partial charge in [-0.15, -0.1) is 5.10 Å². The van der Waals surface area contributed by atoms with E-state index in [4.69, 9.17) is 15.2 Å². The Morgan fingerprint density at radius 2 is 1.69 bits per heavy atom. The van der Waals surface area contributed by atoms with Crippen LogP contribution in [0.1, 0.15) is 117 Å². The molecular weight excluding hydrogens is 622 g/mol. The predicted octanol–water partition coefficient (Wildman–Crippen LogP) is 1.80. The molecule has 1 aromatic rings. The molecule has 3 fully saturated rings. The summed E-state index contributed by atoms with van der Waals surface area (Å²) in [4.78, 5) is 55.9. The maximum absolute atomic E-state index is 14.7. The Labute approximate surface area is 282 Å². The third kappa shape index (κ3) is 8.64. The van der Waals surface area contributed by atoms with Crippen molar-refractivity contribution in [2.75, 3.05) is 13.7 Å². The minimum Gasteiger partial charge on any atom is -0.444 e. The van der Waals surface area contributed by atoms with Crippen molar-refractivity contribution in [3.8, 4) is 0 Å². The number of nitrogens with zero attached hydrogens (tertiary/aromatic N) is 4. The molecule has 2 aliphatic carbocycles. The van der Waals surface area contributed by atoms with Crippen LogP contribution >= 0.6 is 0 Å². The lowest BCUT2D eigenvalue weighted by atomic mass is 9.77. The number of methoxy groups -OCH3 is 1. The molecule has 270 valence electrons. The van der Waals surface area contributed by atoms with Crippen LogP contribution in [0.15, 0.2) is 6.20 Å². The number of carbonyl (C=O) groups excluding carboxylic acids is 4. The van der Waals surface area contributed by atoms with Crippen LogP contribution in [0.2, 0.25) is 0 Å². The molecule has 3 aliphatic rings. The second kappa shape index (κ2) is 15.1. The Morgan fingerprint density at radius 3 is 2.25 bits per heavy atom. The zero-order valence-corrected chi connectivity index (χ0v) is 29.2. The van der Waals surface area contributed by atoms with E-state index < -0.39 is 70.9 Å². The summed E-state index contributed by atoms with van der Waals surface area (Å²) in [7, 11) is 1.42. The van der Waals surface area contributed by atoms with Gasteiger partial charge in [-0.05, 0) is 59.8 Å². The van der Waals surface area contributed by atoms with Gasteiger partial charge < -0.3 is 41.0 Å². The quantitative estimate of drug-likeness (QED) is 0.229. The van der Waals surface area contributed by atoms with E-state index in [0.29, 0.717) is 37.8 Å². The lowest BCUT2D eigenvalue weighted by Crippen LogP contribution is -2.65. The van der Waals surface area contributed by atoms with E-state index in [1.54, 1.807) is 34.6 Å². The fraction of sp³-hybridized carbons (Fsp3) is 0.818. The number of rotatable bonds is 11. The highest BCUT2D eigenvalue weighted by atomic mass is 16.6. The van der Waals surface area contributed by atoms with Gasteiger partial charge in [-0.25, -0.2) is 9.48 Å². The molecule has 0 bridgehead atoms. The Hall–Kier alpha value is -3.30. The van der Waals surface area contributed by atoms with Gasteiger partial charge in [0, 0.05) is 13.7 Å². The topological polar surface area (TPSA) is 211 Å². The first-order valence-electron chi connectivity index (χ1n) is 17.2. The minimum atomic E-state index is -1.64. The number of likely N-dealkylation sites (tertiary alicyclic amines) is 1. The van der Waals surface area contributed by atoms with E-state index in [1.807, 2.05) is 0 Å². The molecule has 15 nitrogen and oxygen atoms in total. The molecule has 1 aliphatic heterocycles. The molecular formula is C33H55N7O8. The SMILES string of the molecule is CO[C@@H]1[C@@H](C(=O)NC2(C(O)C(N)=O)CCCCC2)N(C(=O)[C@@H](CC2CCCCC2)NC(=O)OC(C)(C)C)C[C@H]1n1nncc1C(C)(C)O. The lowest BCUT2D eigenvalue weighted by molar-refractivity contribution is -0.146. The third-order valence-electron chi connectivity index (χ3n) is 9.94. The van der Waals surface area contributed by atoms with Crippen LogP contribution in [0.5, 0.6) is 0 Å². The van der Waals surface area contributed by atoms with E-state index in [2.05, 4.69) is 20.9 Å². The van der Waals surface area contributed by atoms with Gasteiger partial charge in [-0.3, -0.25) is 14.4 Å². The summed E-state index contributed by atoms with van der Waals surface area (Å²) in [5.74, 6) is -1.92. The molecule has 48 heavy (non-hydrogen) atoms. The first-order chi connectivity index (χ1) is 22.5. The highest BCUT2D eigenvalue weighted by Crippen LogP contribution is 2.37. The van der Waals surface area contributed by atoms with Crippen LogP contribution in [-0.2, 0) is 29.5 Å². The number of primary amides is 1. The van der Waals surface area contributed by atoms with E-state index in [1.165, 1.54) is 22.9 Å². The Bertz CT molecular complexity index is 1290. The zero-order valence-electron chi connectivity index (χ0n) is 29.2. The van der Waals surface area contributed by atoms with Crippen LogP contribution < -0.4 is 16.4 Å². The zero-order chi connectivity index (χ0) is 35.4. The van der Waals surface area contributed by atoms with Gasteiger partial charge in [0.1, 0.15) is 35.4 Å². The Balaban J connectivity index is 1.75. The summed E-state index contributed by atoms with van der Waals surface area (Å²) in [6.07, 6.45) is 6.20. The summed E-state index contributed by atoms with van der Waals surface area (Å²) < 4.78 is 12.9. The van der Waals surface area contributed by atoms with E-state index in [-0.39, 0.29) is 12.5 Å². The normalized spacial score (nSPS) is 24.8. The van der Waals surface area contributed by atoms with Gasteiger partial charge in [0.15, 0.2) is 6.10 Å². The van der Waals surface area contributed by atoms with Crippen molar-refractivity contribution in [1.29, 1.82) is 0 Å². The van der Waals surface area contributed by atoms with Crippen LogP contribution in [0, 0.1) is 5.92 Å². The third-order valence-corrected chi connectivity index (χ3v) is 9.94. The molecule has 4 rings (SSSR count). The average molecular weight is 678 g/mol. The molecule has 2 heterocycles. The molecule has 1 unspecified atom stereocenters. The monoisotopic (exact) mass is 677 g/mol. The van der Waals surface area contributed by atoms with E-state index in [0.717, 1.165) is 38.5 Å². The standard InChI is InChI=1S/C33H55N7O8/c1-31(2,3)48-30(45)36-21(17-20-13-9-7-10-14-20)29(44)39-19-22(40-23(18-35-38-40)32(4,5)46)25(47-6)24(39)28(43)37-33(26(41)27(34)42)15-11-8-12-16-33/h18,20-22,24-26,41,46H,7-17,19H2,1-6H3,(H2,34,42)(H,36,45)(H,37,43)/t21-,22-,24+,25+,26?/m1/s1. The highest BCUT2D eigenvalue weighted by Gasteiger charge is 2.54. The molecule has 1 saturated heterocycles. The number of aromatic nitrogens is 3. The van der Waals surface area contributed by atoms with Crippen molar-refractivity contribution in [2.45, 2.75) is 152 Å². The summed E-state index contributed by atoms with van der Waals surface area (Å²) in [5.41, 5.74) is 2.40. The van der Waals surface area contributed by atoms with Crippen molar-refractivity contribution in [3.63, 3.8) is 0 Å².